The average molecular weight is 474 g/mol. The summed E-state index contributed by atoms with van der Waals surface area (Å²) in [4.78, 5) is 29.7. The number of fused-ring (bicyclic) bond motifs is 1. The molecule has 0 aliphatic carbocycles. The van der Waals surface area contributed by atoms with Crippen LogP contribution in [0.3, 0.4) is 0 Å². The zero-order valence-corrected chi connectivity index (χ0v) is 19.8. The fourth-order valence-corrected chi connectivity index (χ4v) is 6.23. The first-order valence-electron chi connectivity index (χ1n) is 10.7. The monoisotopic (exact) mass is 473 g/mol. The minimum Gasteiger partial charge on any atom is -0.368 e. The van der Waals surface area contributed by atoms with E-state index in [1.807, 2.05) is 30.3 Å². The van der Waals surface area contributed by atoms with Gasteiger partial charge in [0.05, 0.1) is 21.1 Å². The number of carbonyl (C=O) groups excluding carboxylic acids is 2. The maximum atomic E-state index is 13.1. The number of hydrogen-bond donors (Lipinski definition) is 1. The molecule has 2 aliphatic heterocycles. The first kappa shape index (κ1) is 22.7. The van der Waals surface area contributed by atoms with Crippen LogP contribution < -0.4 is 10.2 Å². The van der Waals surface area contributed by atoms with E-state index < -0.39 is 15.1 Å². The van der Waals surface area contributed by atoms with Gasteiger partial charge in [0.15, 0.2) is 9.84 Å². The number of sulfone groups is 1. The molecule has 170 valence electrons. The lowest BCUT2D eigenvalue weighted by Gasteiger charge is -2.36. The van der Waals surface area contributed by atoms with Gasteiger partial charge in [0, 0.05) is 43.2 Å². The first-order valence-corrected chi connectivity index (χ1v) is 13.1. The van der Waals surface area contributed by atoms with Gasteiger partial charge in [-0.25, -0.2) is 8.42 Å². The van der Waals surface area contributed by atoms with Crippen LogP contribution in [0.1, 0.15) is 20.3 Å². The number of para-hydroxylation sites is 1. The minimum atomic E-state index is -3.71. The normalized spacial score (nSPS) is 19.8. The molecule has 9 heteroatoms. The Kier molecular flexibility index (Phi) is 6.48. The number of anilines is 2. The summed E-state index contributed by atoms with van der Waals surface area (Å²) < 4.78 is 26.2. The lowest BCUT2D eigenvalue weighted by atomic mass is 10.2. The lowest BCUT2D eigenvalue weighted by molar-refractivity contribution is -0.131. The summed E-state index contributed by atoms with van der Waals surface area (Å²) >= 11 is 1.40. The van der Waals surface area contributed by atoms with E-state index in [9.17, 15) is 18.0 Å². The Bertz CT molecular complexity index is 1110. The SMILES string of the molecule is CC1Sc2ccc(S(=O)(=O)C(C)CC(=O)N3CCN(c4ccccc4)CC3)cc2NC1=O. The van der Waals surface area contributed by atoms with E-state index in [1.54, 1.807) is 30.9 Å². The van der Waals surface area contributed by atoms with E-state index in [2.05, 4.69) is 10.2 Å². The highest BCUT2D eigenvalue weighted by atomic mass is 32.2. The number of rotatable bonds is 5. The van der Waals surface area contributed by atoms with Gasteiger partial charge >= 0.3 is 0 Å². The van der Waals surface area contributed by atoms with Crippen molar-refractivity contribution >= 4 is 44.8 Å². The topological polar surface area (TPSA) is 86.8 Å². The molecule has 2 atom stereocenters. The Morgan fingerprint density at radius 2 is 1.81 bits per heavy atom. The number of thioether (sulfide) groups is 1. The fourth-order valence-electron chi connectivity index (χ4n) is 3.93. The highest BCUT2D eigenvalue weighted by molar-refractivity contribution is 8.01. The van der Waals surface area contributed by atoms with Crippen molar-refractivity contribution in [1.82, 2.24) is 4.90 Å². The van der Waals surface area contributed by atoms with Gasteiger partial charge in [-0.05, 0) is 44.2 Å². The van der Waals surface area contributed by atoms with Gasteiger partial charge < -0.3 is 15.1 Å². The van der Waals surface area contributed by atoms with Gasteiger partial charge in [-0.2, -0.15) is 0 Å². The van der Waals surface area contributed by atoms with Crippen molar-refractivity contribution in [2.24, 2.45) is 0 Å². The zero-order valence-electron chi connectivity index (χ0n) is 18.2. The minimum absolute atomic E-state index is 0.0666. The Balaban J connectivity index is 1.39. The Hall–Kier alpha value is -2.52. The van der Waals surface area contributed by atoms with Crippen LogP contribution in [0.25, 0.3) is 0 Å². The molecule has 1 fully saturated rings. The van der Waals surface area contributed by atoms with Crippen LogP contribution in [0.2, 0.25) is 0 Å². The van der Waals surface area contributed by atoms with Crippen molar-refractivity contribution in [2.45, 2.75) is 40.6 Å². The third-order valence-electron chi connectivity index (χ3n) is 5.96. The molecule has 7 nitrogen and oxygen atoms in total. The maximum Gasteiger partial charge on any atom is 0.237 e. The third kappa shape index (κ3) is 4.63. The second-order valence-corrected chi connectivity index (χ2v) is 11.9. The van der Waals surface area contributed by atoms with Gasteiger partial charge in [-0.1, -0.05) is 18.2 Å². The number of nitrogens with one attached hydrogen (secondary N) is 1. The quantitative estimate of drug-likeness (QED) is 0.718. The van der Waals surface area contributed by atoms with Crippen molar-refractivity contribution in [3.8, 4) is 0 Å². The van der Waals surface area contributed by atoms with Crippen LogP contribution in [0, 0.1) is 0 Å². The van der Waals surface area contributed by atoms with Crippen molar-refractivity contribution in [1.29, 1.82) is 0 Å². The number of hydrogen-bond acceptors (Lipinski definition) is 6. The molecule has 0 bridgehead atoms. The zero-order chi connectivity index (χ0) is 22.9. The molecular formula is C23H27N3O4S2. The molecule has 0 aromatic heterocycles. The number of amides is 2. The van der Waals surface area contributed by atoms with Crippen molar-refractivity contribution in [3.05, 3.63) is 48.5 Å². The van der Waals surface area contributed by atoms with Crippen molar-refractivity contribution < 1.29 is 18.0 Å². The number of benzene rings is 2. The van der Waals surface area contributed by atoms with E-state index in [1.165, 1.54) is 17.8 Å². The molecule has 1 saturated heterocycles. The van der Waals surface area contributed by atoms with Crippen LogP contribution in [0.5, 0.6) is 0 Å². The molecule has 0 saturated carbocycles. The molecule has 2 unspecified atom stereocenters. The summed E-state index contributed by atoms with van der Waals surface area (Å²) in [5.41, 5.74) is 1.64. The van der Waals surface area contributed by atoms with Crippen LogP contribution in [-0.4, -0.2) is 61.8 Å². The summed E-state index contributed by atoms with van der Waals surface area (Å²) in [7, 11) is -3.71. The summed E-state index contributed by atoms with van der Waals surface area (Å²) in [6, 6.07) is 14.8. The molecule has 2 heterocycles. The van der Waals surface area contributed by atoms with Crippen LogP contribution in [0.15, 0.2) is 58.3 Å². The Morgan fingerprint density at radius 1 is 1.12 bits per heavy atom. The number of carbonyl (C=O) groups is 2. The molecule has 1 N–H and O–H groups in total. The molecule has 0 spiro atoms. The van der Waals surface area contributed by atoms with Crippen LogP contribution in [-0.2, 0) is 19.4 Å². The fraction of sp³-hybridized carbons (Fsp3) is 0.391. The highest BCUT2D eigenvalue weighted by Gasteiger charge is 2.31. The largest absolute Gasteiger partial charge is 0.368 e. The van der Waals surface area contributed by atoms with Crippen molar-refractivity contribution in [2.75, 3.05) is 36.4 Å². The molecule has 2 aliphatic rings. The lowest BCUT2D eigenvalue weighted by Crippen LogP contribution is -2.49. The van der Waals surface area contributed by atoms with Crippen molar-refractivity contribution in [3.63, 3.8) is 0 Å². The van der Waals surface area contributed by atoms with E-state index in [0.29, 0.717) is 18.8 Å². The maximum absolute atomic E-state index is 13.1. The molecule has 0 radical (unpaired) electrons. The average Bonchev–Trinajstić information content (AvgIpc) is 2.80. The first-order chi connectivity index (χ1) is 15.3. The van der Waals surface area contributed by atoms with Gasteiger partial charge in [-0.15, -0.1) is 11.8 Å². The van der Waals surface area contributed by atoms with Gasteiger partial charge in [0.2, 0.25) is 11.8 Å². The van der Waals surface area contributed by atoms with Crippen LogP contribution in [0.4, 0.5) is 11.4 Å². The summed E-state index contributed by atoms with van der Waals surface area (Å²) in [6.45, 7) is 5.96. The van der Waals surface area contributed by atoms with Crippen LogP contribution >= 0.6 is 11.8 Å². The van der Waals surface area contributed by atoms with E-state index >= 15 is 0 Å². The number of piperazine rings is 1. The molecule has 2 amide bonds. The smallest absolute Gasteiger partial charge is 0.237 e. The highest BCUT2D eigenvalue weighted by Crippen LogP contribution is 2.37. The predicted molar refractivity (Wildman–Crippen MR) is 127 cm³/mol. The standard InChI is InChI=1S/C23H27N3O4S2/c1-16(14-22(27)26-12-10-25(11-13-26)18-6-4-3-5-7-18)32(29,30)19-8-9-21-20(15-19)24-23(28)17(2)31-21/h3-9,15-17H,10-14H2,1-2H3,(H,24,28). The van der Waals surface area contributed by atoms with E-state index in [0.717, 1.165) is 23.7 Å². The summed E-state index contributed by atoms with van der Waals surface area (Å²) in [6.07, 6.45) is -0.0666. The molecule has 32 heavy (non-hydrogen) atoms. The Morgan fingerprint density at radius 3 is 2.50 bits per heavy atom. The van der Waals surface area contributed by atoms with E-state index in [4.69, 9.17) is 0 Å². The molecule has 2 aromatic rings. The van der Waals surface area contributed by atoms with Gasteiger partial charge in [-0.3, -0.25) is 9.59 Å². The number of nitrogens with zero attached hydrogens (tertiary/aromatic N) is 2. The van der Waals surface area contributed by atoms with Gasteiger partial charge in [0.1, 0.15) is 0 Å². The molecule has 4 rings (SSSR count). The second-order valence-electron chi connectivity index (χ2n) is 8.17. The predicted octanol–water partition coefficient (Wildman–Crippen LogP) is 3.02. The second kappa shape index (κ2) is 9.15. The Labute approximate surface area is 193 Å². The summed E-state index contributed by atoms with van der Waals surface area (Å²) in [5, 5.41) is 1.69. The molecule has 2 aromatic carbocycles. The third-order valence-corrected chi connectivity index (χ3v) is 9.27. The van der Waals surface area contributed by atoms with Gasteiger partial charge in [0.25, 0.3) is 0 Å². The van der Waals surface area contributed by atoms with E-state index in [-0.39, 0.29) is 28.4 Å². The molecular weight excluding hydrogens is 446 g/mol. The summed E-state index contributed by atoms with van der Waals surface area (Å²) in [5.74, 6) is -0.292.